The van der Waals surface area contributed by atoms with Crippen molar-refractivity contribution in [2.75, 3.05) is 0 Å². The van der Waals surface area contributed by atoms with Crippen molar-refractivity contribution in [3.63, 3.8) is 0 Å². The third-order valence-electron chi connectivity index (χ3n) is 4.48. The number of nitrogens with two attached hydrogens (primary N) is 1. The minimum absolute atomic E-state index is 0.000837. The largest absolute Gasteiger partial charge is 0.368 e. The summed E-state index contributed by atoms with van der Waals surface area (Å²) in [5, 5.41) is 10.1. The van der Waals surface area contributed by atoms with Crippen molar-refractivity contribution in [3.05, 3.63) is 59.9 Å². The number of carbonyl (C=O) groups excluding carboxylic acids is 1. The molecule has 0 aliphatic carbocycles. The Morgan fingerprint density at radius 1 is 1.27 bits per heavy atom. The number of aromatic nitrogens is 1. The smallest absolute Gasteiger partial charge is 0.184 e. The zero-order valence-electron chi connectivity index (χ0n) is 14.5. The molecule has 2 heterocycles. The van der Waals surface area contributed by atoms with Crippen LogP contribution in [0, 0.1) is 5.82 Å². The van der Waals surface area contributed by atoms with E-state index in [0.29, 0.717) is 23.4 Å². The molecule has 26 heavy (non-hydrogen) atoms. The van der Waals surface area contributed by atoms with Gasteiger partial charge in [-0.1, -0.05) is 30.1 Å². The molecular weight excluding hydrogens is 335 g/mol. The molecule has 1 aromatic carbocycles. The average molecular weight is 358 g/mol. The van der Waals surface area contributed by atoms with Gasteiger partial charge in [-0.05, 0) is 25.0 Å². The van der Waals surface area contributed by atoms with Crippen molar-refractivity contribution in [2.45, 2.75) is 44.3 Å². The third kappa shape index (κ3) is 4.49. The fraction of sp³-hybridized carbons (Fsp3) is 0.368. The summed E-state index contributed by atoms with van der Waals surface area (Å²) in [4.78, 5) is 11.8. The van der Waals surface area contributed by atoms with Gasteiger partial charge in [0.05, 0.1) is 5.70 Å². The van der Waals surface area contributed by atoms with Gasteiger partial charge in [0.25, 0.3) is 0 Å². The molecule has 3 rings (SSSR count). The van der Waals surface area contributed by atoms with Crippen molar-refractivity contribution >= 4 is 11.5 Å². The van der Waals surface area contributed by atoms with Crippen LogP contribution in [0.15, 0.2) is 47.3 Å². The van der Waals surface area contributed by atoms with E-state index in [0.717, 1.165) is 25.7 Å². The summed E-state index contributed by atoms with van der Waals surface area (Å²) in [5.74, 6) is -0.264. The number of rotatable bonds is 9. The second kappa shape index (κ2) is 8.62. The van der Waals surface area contributed by atoms with Gasteiger partial charge < -0.3 is 20.9 Å². The molecule has 1 unspecified atom stereocenters. The Bertz CT molecular complexity index is 761. The Labute approximate surface area is 151 Å². The molecule has 4 N–H and O–H groups in total. The summed E-state index contributed by atoms with van der Waals surface area (Å²) >= 11 is 0. The monoisotopic (exact) mass is 358 g/mol. The summed E-state index contributed by atoms with van der Waals surface area (Å²) in [5.41, 5.74) is 7.86. The van der Waals surface area contributed by atoms with E-state index in [9.17, 15) is 9.18 Å². The van der Waals surface area contributed by atoms with E-state index in [1.54, 1.807) is 30.5 Å². The maximum absolute atomic E-state index is 13.8. The number of carbonyl (C=O) groups is 1. The molecule has 0 amide bonds. The number of unbranched alkanes of at least 4 members (excludes halogenated alkanes) is 2. The van der Waals surface area contributed by atoms with E-state index in [1.807, 2.05) is 0 Å². The molecule has 6 nitrogen and oxygen atoms in total. The fourth-order valence-corrected chi connectivity index (χ4v) is 2.98. The van der Waals surface area contributed by atoms with Crippen LogP contribution in [-0.4, -0.2) is 23.1 Å². The van der Waals surface area contributed by atoms with Gasteiger partial charge in [-0.3, -0.25) is 4.79 Å². The number of Topliss-reactive ketones (excluding diaryl/α,β-unsaturated/α-hetero) is 1. The first kappa shape index (κ1) is 18.1. The number of halogens is 1. The maximum atomic E-state index is 13.8. The van der Waals surface area contributed by atoms with E-state index in [-0.39, 0.29) is 23.8 Å². The molecule has 1 aromatic heterocycles. The molecule has 138 valence electrons. The first-order chi connectivity index (χ1) is 12.6. The number of nitrogens with one attached hydrogen (secondary N) is 2. The molecule has 2 aromatic rings. The Balaban J connectivity index is 1.35. The number of hydrogen-bond acceptors (Lipinski definition) is 6. The molecule has 0 spiro atoms. The van der Waals surface area contributed by atoms with E-state index in [4.69, 9.17) is 5.73 Å². The van der Waals surface area contributed by atoms with Gasteiger partial charge in [-0.2, -0.15) is 0 Å². The lowest BCUT2D eigenvalue weighted by Crippen LogP contribution is -2.48. The minimum Gasteiger partial charge on any atom is -0.368 e. The van der Waals surface area contributed by atoms with Crippen LogP contribution in [0.5, 0.6) is 0 Å². The van der Waals surface area contributed by atoms with Crippen molar-refractivity contribution < 1.29 is 13.7 Å². The van der Waals surface area contributed by atoms with Crippen LogP contribution < -0.4 is 16.4 Å². The maximum Gasteiger partial charge on any atom is 0.184 e. The molecule has 1 aliphatic rings. The number of benzene rings is 1. The molecule has 1 aliphatic heterocycles. The fourth-order valence-electron chi connectivity index (χ4n) is 2.98. The van der Waals surface area contributed by atoms with Crippen LogP contribution in [0.4, 0.5) is 4.39 Å². The molecule has 0 saturated heterocycles. The predicted molar refractivity (Wildman–Crippen MR) is 96.3 cm³/mol. The molecule has 0 radical (unpaired) electrons. The Hall–Kier alpha value is -2.67. The second-order valence-corrected chi connectivity index (χ2v) is 6.40. The molecular formula is C19H23FN4O2. The lowest BCUT2D eigenvalue weighted by molar-refractivity contribution is 0.0970. The van der Waals surface area contributed by atoms with Crippen LogP contribution in [0.1, 0.15) is 48.2 Å². The molecule has 0 saturated carbocycles. The van der Waals surface area contributed by atoms with Gasteiger partial charge >= 0.3 is 0 Å². The number of nitrogens with zero attached hydrogens (tertiary/aromatic N) is 1. The van der Waals surface area contributed by atoms with Gasteiger partial charge in [0.15, 0.2) is 5.78 Å². The van der Waals surface area contributed by atoms with E-state index in [2.05, 4.69) is 20.3 Å². The second-order valence-electron chi connectivity index (χ2n) is 6.40. The number of ketones is 1. The third-order valence-corrected chi connectivity index (χ3v) is 4.48. The molecule has 7 heteroatoms. The highest BCUT2D eigenvalue weighted by Gasteiger charge is 2.23. The first-order valence-corrected chi connectivity index (χ1v) is 8.82. The van der Waals surface area contributed by atoms with Crippen LogP contribution >= 0.6 is 0 Å². The highest BCUT2D eigenvalue weighted by atomic mass is 19.1. The van der Waals surface area contributed by atoms with E-state index < -0.39 is 0 Å². The highest BCUT2D eigenvalue weighted by Crippen LogP contribution is 2.19. The van der Waals surface area contributed by atoms with Gasteiger partial charge in [0.2, 0.25) is 0 Å². The van der Waals surface area contributed by atoms with Gasteiger partial charge in [0.1, 0.15) is 23.9 Å². The zero-order valence-corrected chi connectivity index (χ0v) is 14.5. The average Bonchev–Trinajstić information content (AvgIpc) is 3.33. The summed E-state index contributed by atoms with van der Waals surface area (Å²) < 4.78 is 18.5. The topological polar surface area (TPSA) is 93.2 Å². The van der Waals surface area contributed by atoms with E-state index >= 15 is 0 Å². The number of hydrogen-bond donors (Lipinski definition) is 3. The molecule has 0 bridgehead atoms. The summed E-state index contributed by atoms with van der Waals surface area (Å²) in [6.07, 6.45) is 6.93. The Morgan fingerprint density at radius 3 is 2.88 bits per heavy atom. The van der Waals surface area contributed by atoms with Gasteiger partial charge in [0, 0.05) is 30.3 Å². The summed E-state index contributed by atoms with van der Waals surface area (Å²) in [7, 11) is 0. The molecule has 2 atom stereocenters. The minimum atomic E-state index is -0.265. The van der Waals surface area contributed by atoms with Crippen molar-refractivity contribution in [2.24, 2.45) is 5.73 Å². The van der Waals surface area contributed by atoms with Crippen LogP contribution in [0.25, 0.3) is 5.70 Å². The van der Waals surface area contributed by atoms with Gasteiger partial charge in [-0.25, -0.2) is 4.39 Å². The zero-order chi connectivity index (χ0) is 18.4. The van der Waals surface area contributed by atoms with Crippen molar-refractivity contribution in [3.8, 4) is 0 Å². The lowest BCUT2D eigenvalue weighted by Gasteiger charge is -2.21. The van der Waals surface area contributed by atoms with Crippen LogP contribution in [0.3, 0.4) is 0 Å². The van der Waals surface area contributed by atoms with Crippen LogP contribution in [0.2, 0.25) is 0 Å². The first-order valence-electron chi connectivity index (χ1n) is 8.82. The standard InChI is InChI=1S/C19H23FN4O2/c20-14-7-5-4-6-13(14)17-12-22-19(23-17)15(21)8-2-1-3-9-18(25)16-10-11-26-24-16/h4-7,10-12,15,19,22-23H,1-3,8-9,21H2/t15-,19?/m0/s1. The van der Waals surface area contributed by atoms with E-state index in [1.165, 1.54) is 12.3 Å². The van der Waals surface area contributed by atoms with Crippen LogP contribution in [-0.2, 0) is 0 Å². The van der Waals surface area contributed by atoms with Crippen molar-refractivity contribution in [1.29, 1.82) is 0 Å². The summed E-state index contributed by atoms with van der Waals surface area (Å²) in [6.45, 7) is 0. The Morgan fingerprint density at radius 2 is 2.12 bits per heavy atom. The van der Waals surface area contributed by atoms with Crippen molar-refractivity contribution in [1.82, 2.24) is 15.8 Å². The Kier molecular flexibility index (Phi) is 6.01. The van der Waals surface area contributed by atoms with Gasteiger partial charge in [-0.15, -0.1) is 0 Å². The lowest BCUT2D eigenvalue weighted by atomic mass is 10.0. The molecule has 0 fully saturated rings. The SMILES string of the molecule is N[C@@H](CCCCCC(=O)c1ccon1)C1NC=C(c2ccccc2F)N1. The normalized spacial score (nSPS) is 17.3. The predicted octanol–water partition coefficient (Wildman–Crippen LogP) is 2.79. The highest BCUT2D eigenvalue weighted by molar-refractivity contribution is 5.93. The summed E-state index contributed by atoms with van der Waals surface area (Å²) in [6, 6.07) is 8.10. The quantitative estimate of drug-likeness (QED) is 0.471.